The molecule has 0 saturated carbocycles. The van der Waals surface area contributed by atoms with Crippen molar-refractivity contribution >= 4 is 13.5 Å². The van der Waals surface area contributed by atoms with Gasteiger partial charge in [0.2, 0.25) is 5.91 Å². The fraction of sp³-hybridized carbons (Fsp3) is 0.200. The monoisotopic (exact) mass is 414 g/mol. The number of H-pyrrole nitrogens is 1. The molecule has 2 aromatic carbocycles. The summed E-state index contributed by atoms with van der Waals surface area (Å²) in [6.07, 6.45) is 3.37. The number of carbonyl (C=O) groups excluding carboxylic acids is 1. The normalized spacial score (nSPS) is 13.3. The maximum absolute atomic E-state index is 13.6. The number of hydrogen-bond donors (Lipinski definition) is 3. The van der Waals surface area contributed by atoms with E-state index in [9.17, 15) is 9.36 Å². The summed E-state index contributed by atoms with van der Waals surface area (Å²) in [5.74, 6) is -0.673. The van der Waals surface area contributed by atoms with Crippen LogP contribution in [0.5, 0.6) is 11.5 Å². The topological polar surface area (TPSA) is 119 Å². The van der Waals surface area contributed by atoms with E-state index in [1.54, 1.807) is 61.7 Å². The van der Waals surface area contributed by atoms with E-state index in [-0.39, 0.29) is 6.42 Å². The molecule has 1 unspecified atom stereocenters. The minimum Gasteiger partial charge on any atom is -0.415 e. The zero-order valence-electron chi connectivity index (χ0n) is 15.9. The molecular formula is C20H23N4O4P. The van der Waals surface area contributed by atoms with Crippen LogP contribution >= 0.6 is 7.60 Å². The highest BCUT2D eigenvalue weighted by molar-refractivity contribution is 7.55. The standard InChI is InChI=1S/C20H23N4O4P/c1-15(24-20(25)19(21)12-16-13-22-14-23-16)29(26,27-17-8-4-2-5-9-17)28-18-10-6-3-7-11-18/h2-11,13-15,19H,12,21H2,1H3,(H,22,23)(H,24,25)/t15?,19-/m0/s1. The number of para-hydroxylation sites is 2. The van der Waals surface area contributed by atoms with Gasteiger partial charge in [0.25, 0.3) is 0 Å². The molecule has 9 heteroatoms. The second-order valence-corrected chi connectivity index (χ2v) is 8.64. The molecule has 29 heavy (non-hydrogen) atoms. The Labute approximate surface area is 169 Å². The Morgan fingerprint density at radius 3 is 2.14 bits per heavy atom. The maximum Gasteiger partial charge on any atom is 0.452 e. The fourth-order valence-electron chi connectivity index (χ4n) is 2.55. The van der Waals surface area contributed by atoms with Crippen molar-refractivity contribution in [3.8, 4) is 11.5 Å². The summed E-state index contributed by atoms with van der Waals surface area (Å²) in [6, 6.07) is 16.5. The number of nitrogens with one attached hydrogen (secondary N) is 2. The van der Waals surface area contributed by atoms with Crippen LogP contribution in [0.25, 0.3) is 0 Å². The summed E-state index contributed by atoms with van der Waals surface area (Å²) in [4.78, 5) is 19.3. The summed E-state index contributed by atoms with van der Waals surface area (Å²) in [5.41, 5.74) is 6.70. The number of carbonyl (C=O) groups is 1. The number of nitrogens with zero attached hydrogens (tertiary/aromatic N) is 1. The molecule has 3 rings (SSSR count). The molecule has 3 aromatic rings. The predicted molar refractivity (Wildman–Crippen MR) is 110 cm³/mol. The molecule has 2 atom stereocenters. The molecular weight excluding hydrogens is 391 g/mol. The third kappa shape index (κ3) is 5.70. The molecule has 0 saturated heterocycles. The van der Waals surface area contributed by atoms with Gasteiger partial charge in [-0.05, 0) is 31.2 Å². The first-order valence-electron chi connectivity index (χ1n) is 9.08. The largest absolute Gasteiger partial charge is 0.452 e. The van der Waals surface area contributed by atoms with Crippen molar-refractivity contribution in [2.45, 2.75) is 25.2 Å². The van der Waals surface area contributed by atoms with Gasteiger partial charge in [-0.3, -0.25) is 4.79 Å². The van der Waals surface area contributed by atoms with Crippen LogP contribution in [0.1, 0.15) is 12.6 Å². The molecule has 0 radical (unpaired) electrons. The van der Waals surface area contributed by atoms with Crippen molar-refractivity contribution in [1.82, 2.24) is 15.3 Å². The zero-order valence-corrected chi connectivity index (χ0v) is 16.8. The lowest BCUT2D eigenvalue weighted by Gasteiger charge is -2.26. The Kier molecular flexibility index (Phi) is 6.69. The van der Waals surface area contributed by atoms with Gasteiger partial charge in [-0.15, -0.1) is 0 Å². The van der Waals surface area contributed by atoms with Gasteiger partial charge in [-0.2, -0.15) is 0 Å². The molecule has 0 fully saturated rings. The average Bonchev–Trinajstić information content (AvgIpc) is 3.22. The average molecular weight is 414 g/mol. The second-order valence-electron chi connectivity index (χ2n) is 6.42. The molecule has 0 spiro atoms. The van der Waals surface area contributed by atoms with Crippen molar-refractivity contribution in [3.63, 3.8) is 0 Å². The fourth-order valence-corrected chi connectivity index (χ4v) is 4.02. The van der Waals surface area contributed by atoms with Crippen molar-refractivity contribution in [2.24, 2.45) is 5.73 Å². The molecule has 8 nitrogen and oxygen atoms in total. The van der Waals surface area contributed by atoms with Gasteiger partial charge in [0.1, 0.15) is 11.5 Å². The summed E-state index contributed by atoms with van der Waals surface area (Å²) in [6.45, 7) is 1.56. The summed E-state index contributed by atoms with van der Waals surface area (Å²) in [7, 11) is -3.83. The Morgan fingerprint density at radius 1 is 1.10 bits per heavy atom. The highest BCUT2D eigenvalue weighted by Gasteiger charge is 2.38. The second kappa shape index (κ2) is 9.41. The van der Waals surface area contributed by atoms with Gasteiger partial charge >= 0.3 is 7.60 Å². The van der Waals surface area contributed by atoms with Crippen LogP contribution in [0.2, 0.25) is 0 Å². The van der Waals surface area contributed by atoms with E-state index in [4.69, 9.17) is 14.8 Å². The Bertz CT molecular complexity index is 906. The molecule has 4 N–H and O–H groups in total. The van der Waals surface area contributed by atoms with Crippen LogP contribution in [0.3, 0.4) is 0 Å². The van der Waals surface area contributed by atoms with Crippen molar-refractivity contribution in [2.75, 3.05) is 0 Å². The molecule has 1 heterocycles. The maximum atomic E-state index is 13.6. The highest BCUT2D eigenvalue weighted by Crippen LogP contribution is 2.51. The zero-order chi connectivity index (χ0) is 20.7. The molecule has 1 amide bonds. The quantitative estimate of drug-likeness (QED) is 0.463. The van der Waals surface area contributed by atoms with Crippen LogP contribution in [0.15, 0.2) is 73.2 Å². The number of benzene rings is 2. The number of nitrogens with two attached hydrogens (primary N) is 1. The minimum absolute atomic E-state index is 0.266. The van der Waals surface area contributed by atoms with E-state index in [0.717, 1.165) is 5.69 Å². The van der Waals surface area contributed by atoms with Crippen LogP contribution in [0, 0.1) is 0 Å². The number of aromatic amines is 1. The smallest absolute Gasteiger partial charge is 0.415 e. The van der Waals surface area contributed by atoms with E-state index in [1.165, 1.54) is 6.33 Å². The van der Waals surface area contributed by atoms with Crippen LogP contribution in [-0.2, 0) is 15.8 Å². The number of imidazole rings is 1. The summed E-state index contributed by atoms with van der Waals surface area (Å²) < 4.78 is 25.0. The third-order valence-electron chi connectivity index (χ3n) is 4.11. The van der Waals surface area contributed by atoms with Gasteiger partial charge in [-0.1, -0.05) is 36.4 Å². The van der Waals surface area contributed by atoms with E-state index in [2.05, 4.69) is 15.3 Å². The lowest BCUT2D eigenvalue weighted by Crippen LogP contribution is -2.46. The van der Waals surface area contributed by atoms with Gasteiger partial charge in [-0.25, -0.2) is 9.55 Å². The van der Waals surface area contributed by atoms with Crippen LogP contribution in [-0.4, -0.2) is 27.7 Å². The Balaban J connectivity index is 1.75. The molecule has 0 bridgehead atoms. The van der Waals surface area contributed by atoms with Gasteiger partial charge in [0.05, 0.1) is 12.4 Å². The van der Waals surface area contributed by atoms with Gasteiger partial charge in [0, 0.05) is 18.3 Å². The van der Waals surface area contributed by atoms with Crippen molar-refractivity contribution in [1.29, 1.82) is 0 Å². The molecule has 0 aliphatic carbocycles. The van der Waals surface area contributed by atoms with Crippen molar-refractivity contribution in [3.05, 3.63) is 78.9 Å². The minimum atomic E-state index is -3.83. The predicted octanol–water partition coefficient (Wildman–Crippen LogP) is 3.09. The van der Waals surface area contributed by atoms with Gasteiger partial charge in [0.15, 0.2) is 5.78 Å². The Hall–Kier alpha value is -3.09. The van der Waals surface area contributed by atoms with Crippen LogP contribution < -0.4 is 20.1 Å². The number of aromatic nitrogens is 2. The van der Waals surface area contributed by atoms with E-state index >= 15 is 0 Å². The van der Waals surface area contributed by atoms with Crippen LogP contribution in [0.4, 0.5) is 0 Å². The number of hydrogen-bond acceptors (Lipinski definition) is 6. The number of rotatable bonds is 9. The lowest BCUT2D eigenvalue weighted by molar-refractivity contribution is -0.122. The lowest BCUT2D eigenvalue weighted by atomic mass is 10.1. The molecule has 152 valence electrons. The molecule has 0 aliphatic heterocycles. The first-order valence-corrected chi connectivity index (χ1v) is 10.7. The van der Waals surface area contributed by atoms with Gasteiger partial charge < -0.3 is 25.1 Å². The summed E-state index contributed by atoms with van der Waals surface area (Å²) in [5, 5.41) is 2.66. The van der Waals surface area contributed by atoms with E-state index < -0.39 is 25.3 Å². The third-order valence-corrected chi connectivity index (χ3v) is 6.12. The first kappa shape index (κ1) is 20.6. The Morgan fingerprint density at radius 2 is 1.66 bits per heavy atom. The molecule has 1 aromatic heterocycles. The van der Waals surface area contributed by atoms with Crippen molar-refractivity contribution < 1.29 is 18.4 Å². The highest BCUT2D eigenvalue weighted by atomic mass is 31.2. The molecule has 0 aliphatic rings. The van der Waals surface area contributed by atoms with E-state index in [1.807, 2.05) is 12.1 Å². The summed E-state index contributed by atoms with van der Waals surface area (Å²) >= 11 is 0. The van der Waals surface area contributed by atoms with E-state index in [0.29, 0.717) is 11.5 Å². The number of amides is 1. The first-order chi connectivity index (χ1) is 14.0. The SMILES string of the molecule is CC(NC(=O)[C@@H](N)Cc1cnc[nH]1)P(=O)(Oc1ccccc1)Oc1ccccc1.